The molecule has 5 nitrogen and oxygen atoms in total. The van der Waals surface area contributed by atoms with Gasteiger partial charge in [-0.25, -0.2) is 0 Å². The topological polar surface area (TPSA) is 74.4 Å². The van der Waals surface area contributed by atoms with Crippen molar-refractivity contribution in [1.29, 1.82) is 0 Å². The maximum atomic E-state index is 11.0. The van der Waals surface area contributed by atoms with E-state index in [0.717, 1.165) is 5.56 Å². The van der Waals surface area contributed by atoms with Gasteiger partial charge in [-0.1, -0.05) is 12.2 Å². The van der Waals surface area contributed by atoms with Gasteiger partial charge < -0.3 is 15.2 Å². The average Bonchev–Trinajstić information content (AvgIpc) is 2.67. The van der Waals surface area contributed by atoms with Crippen LogP contribution in [0.4, 0.5) is 0 Å². The Labute approximate surface area is 106 Å². The summed E-state index contributed by atoms with van der Waals surface area (Å²) in [6, 6.07) is 1.69. The maximum Gasteiger partial charge on any atom is 0.250 e. The Balaban J connectivity index is 2.05. The molecule has 1 amide bonds. The van der Waals surface area contributed by atoms with Gasteiger partial charge in [0, 0.05) is 12.4 Å². The van der Waals surface area contributed by atoms with E-state index in [-0.39, 0.29) is 6.10 Å². The molecule has 96 valence electrons. The fourth-order valence-electron chi connectivity index (χ4n) is 1.71. The maximum absolute atomic E-state index is 11.0. The Morgan fingerprint density at radius 3 is 2.94 bits per heavy atom. The van der Waals surface area contributed by atoms with Crippen LogP contribution in [0.3, 0.4) is 0 Å². The number of aromatic nitrogens is 1. The molecule has 1 fully saturated rings. The lowest BCUT2D eigenvalue weighted by Gasteiger charge is -2.15. The van der Waals surface area contributed by atoms with Gasteiger partial charge in [-0.2, -0.15) is 0 Å². The smallest absolute Gasteiger partial charge is 0.250 e. The number of ether oxygens (including phenoxy) is 2. The molecule has 1 aliphatic heterocycles. The van der Waals surface area contributed by atoms with E-state index in [1.165, 1.54) is 6.20 Å². The Bertz CT molecular complexity index is 483. The van der Waals surface area contributed by atoms with Crippen LogP contribution < -0.4 is 5.73 Å². The lowest BCUT2D eigenvalue weighted by molar-refractivity contribution is -0.133. The predicted molar refractivity (Wildman–Crippen MR) is 66.7 cm³/mol. The molecule has 2 heterocycles. The van der Waals surface area contributed by atoms with Gasteiger partial charge in [-0.05, 0) is 25.5 Å². The number of nitrogens with two attached hydrogens (primary N) is 1. The van der Waals surface area contributed by atoms with E-state index in [1.54, 1.807) is 12.3 Å². The highest BCUT2D eigenvalue weighted by Crippen LogP contribution is 2.23. The van der Waals surface area contributed by atoms with Gasteiger partial charge in [-0.15, -0.1) is 0 Å². The number of hydrogen-bond acceptors (Lipinski definition) is 4. The first-order valence-electron chi connectivity index (χ1n) is 5.71. The van der Waals surface area contributed by atoms with E-state index < -0.39 is 11.7 Å². The molecule has 1 aromatic heterocycles. The van der Waals surface area contributed by atoms with Crippen LogP contribution in [0.15, 0.2) is 24.5 Å². The molecule has 0 aliphatic carbocycles. The highest BCUT2D eigenvalue weighted by molar-refractivity contribution is 5.92. The van der Waals surface area contributed by atoms with E-state index in [0.29, 0.717) is 12.2 Å². The summed E-state index contributed by atoms with van der Waals surface area (Å²) in [4.78, 5) is 15.0. The van der Waals surface area contributed by atoms with Crippen molar-refractivity contribution in [3.63, 3.8) is 0 Å². The van der Waals surface area contributed by atoms with Crippen LogP contribution in [-0.4, -0.2) is 29.4 Å². The zero-order valence-electron chi connectivity index (χ0n) is 10.4. The van der Waals surface area contributed by atoms with Crippen molar-refractivity contribution < 1.29 is 14.3 Å². The zero-order chi connectivity index (χ0) is 13.2. The second kappa shape index (κ2) is 4.88. The van der Waals surface area contributed by atoms with Crippen molar-refractivity contribution in [3.8, 4) is 0 Å². The monoisotopic (exact) mass is 248 g/mol. The molecule has 1 aliphatic rings. The number of pyridine rings is 1. The van der Waals surface area contributed by atoms with Crippen LogP contribution in [0.5, 0.6) is 0 Å². The van der Waals surface area contributed by atoms with Crippen molar-refractivity contribution in [2.75, 3.05) is 6.61 Å². The van der Waals surface area contributed by atoms with Gasteiger partial charge >= 0.3 is 0 Å². The van der Waals surface area contributed by atoms with Gasteiger partial charge in [0.1, 0.15) is 6.10 Å². The standard InChI is InChI=1S/C13H16N2O3/c1-13(2)17-8-11(18-13)4-3-9-5-10(12(14)16)7-15-6-9/h3-7,11H,8H2,1-2H3,(H2,14,16)/b4-3+/t11-/m0/s1. The van der Waals surface area contributed by atoms with Crippen LogP contribution in [0, 0.1) is 0 Å². The molecule has 2 rings (SSSR count). The van der Waals surface area contributed by atoms with Gasteiger partial charge in [-0.3, -0.25) is 9.78 Å². The number of amides is 1. The van der Waals surface area contributed by atoms with Gasteiger partial charge in [0.15, 0.2) is 5.79 Å². The van der Waals surface area contributed by atoms with Crippen LogP contribution >= 0.6 is 0 Å². The third kappa shape index (κ3) is 3.15. The summed E-state index contributed by atoms with van der Waals surface area (Å²) in [6.07, 6.45) is 6.74. The first-order chi connectivity index (χ1) is 8.46. The highest BCUT2D eigenvalue weighted by Gasteiger charge is 2.30. The molecule has 0 spiro atoms. The molecule has 5 heteroatoms. The summed E-state index contributed by atoms with van der Waals surface area (Å²) < 4.78 is 11.1. The molecule has 0 aromatic carbocycles. The Kier molecular flexibility index (Phi) is 3.45. The van der Waals surface area contributed by atoms with Crippen LogP contribution in [0.1, 0.15) is 29.8 Å². The molecule has 0 radical (unpaired) electrons. The van der Waals surface area contributed by atoms with Gasteiger partial charge in [0.05, 0.1) is 12.2 Å². The molecule has 0 bridgehead atoms. The Morgan fingerprint density at radius 1 is 1.56 bits per heavy atom. The van der Waals surface area contributed by atoms with Crippen molar-refractivity contribution >= 4 is 12.0 Å². The second-order valence-electron chi connectivity index (χ2n) is 4.60. The Hall–Kier alpha value is -1.72. The molecule has 0 unspecified atom stereocenters. The van der Waals surface area contributed by atoms with Crippen molar-refractivity contribution in [2.24, 2.45) is 5.73 Å². The number of carbonyl (C=O) groups is 1. The highest BCUT2D eigenvalue weighted by atomic mass is 16.7. The van der Waals surface area contributed by atoms with E-state index in [1.807, 2.05) is 26.0 Å². The predicted octanol–water partition coefficient (Wildman–Crippen LogP) is 1.35. The normalized spacial score (nSPS) is 22.4. The minimum atomic E-state index is -0.539. The summed E-state index contributed by atoms with van der Waals surface area (Å²) in [5, 5.41) is 0. The first kappa shape index (κ1) is 12.7. The Morgan fingerprint density at radius 2 is 2.33 bits per heavy atom. The molecule has 18 heavy (non-hydrogen) atoms. The third-order valence-electron chi connectivity index (χ3n) is 2.58. The minimum Gasteiger partial charge on any atom is -0.366 e. The second-order valence-corrected chi connectivity index (χ2v) is 4.60. The van der Waals surface area contributed by atoms with Crippen molar-refractivity contribution in [2.45, 2.75) is 25.7 Å². The minimum absolute atomic E-state index is 0.0859. The van der Waals surface area contributed by atoms with Crippen molar-refractivity contribution in [3.05, 3.63) is 35.7 Å². The van der Waals surface area contributed by atoms with Crippen LogP contribution in [0.25, 0.3) is 6.08 Å². The molecule has 1 aromatic rings. The molecule has 2 N–H and O–H groups in total. The largest absolute Gasteiger partial charge is 0.366 e. The van der Waals surface area contributed by atoms with E-state index >= 15 is 0 Å². The SMILES string of the molecule is CC1(C)OC[C@H](/C=C/c2cncc(C(N)=O)c2)O1. The fourth-order valence-corrected chi connectivity index (χ4v) is 1.71. The van der Waals surface area contributed by atoms with Gasteiger partial charge in [0.25, 0.3) is 0 Å². The lowest BCUT2D eigenvalue weighted by atomic mass is 10.1. The molecular formula is C13H16N2O3. The lowest BCUT2D eigenvalue weighted by Crippen LogP contribution is -2.20. The first-order valence-corrected chi connectivity index (χ1v) is 5.71. The third-order valence-corrected chi connectivity index (χ3v) is 2.58. The molecule has 1 atom stereocenters. The summed E-state index contributed by atoms with van der Waals surface area (Å²) in [7, 11) is 0. The van der Waals surface area contributed by atoms with Crippen molar-refractivity contribution in [1.82, 2.24) is 4.98 Å². The quantitative estimate of drug-likeness (QED) is 0.876. The number of hydrogen-bond donors (Lipinski definition) is 1. The summed E-state index contributed by atoms with van der Waals surface area (Å²) in [5.74, 6) is -1.03. The average molecular weight is 248 g/mol. The zero-order valence-corrected chi connectivity index (χ0v) is 10.4. The van der Waals surface area contributed by atoms with E-state index in [9.17, 15) is 4.79 Å². The number of nitrogens with zero attached hydrogens (tertiary/aromatic N) is 1. The van der Waals surface area contributed by atoms with Crippen LogP contribution in [0.2, 0.25) is 0 Å². The number of primary amides is 1. The number of rotatable bonds is 3. The summed E-state index contributed by atoms with van der Waals surface area (Å²) in [5.41, 5.74) is 6.38. The van der Waals surface area contributed by atoms with Crippen LogP contribution in [-0.2, 0) is 9.47 Å². The number of carbonyl (C=O) groups excluding carboxylic acids is 1. The summed E-state index contributed by atoms with van der Waals surface area (Å²) >= 11 is 0. The van der Waals surface area contributed by atoms with E-state index in [2.05, 4.69) is 4.98 Å². The van der Waals surface area contributed by atoms with Gasteiger partial charge in [0.2, 0.25) is 5.91 Å². The molecule has 0 saturated carbocycles. The molecular weight excluding hydrogens is 232 g/mol. The molecule has 1 saturated heterocycles. The van der Waals surface area contributed by atoms with E-state index in [4.69, 9.17) is 15.2 Å². The fraction of sp³-hybridized carbons (Fsp3) is 0.385. The summed E-state index contributed by atoms with van der Waals surface area (Å²) in [6.45, 7) is 4.26.